The molecule has 128 valence electrons. The van der Waals surface area contributed by atoms with Crippen LogP contribution in [-0.4, -0.2) is 27.9 Å². The lowest BCUT2D eigenvalue weighted by atomic mass is 9.87. The highest BCUT2D eigenvalue weighted by Crippen LogP contribution is 2.35. The van der Waals surface area contributed by atoms with E-state index in [2.05, 4.69) is 5.10 Å². The largest absolute Gasteiger partial charge is 0.282 e. The van der Waals surface area contributed by atoms with Crippen LogP contribution in [-0.2, 0) is 18.3 Å². The summed E-state index contributed by atoms with van der Waals surface area (Å²) in [7, 11) is 2.89. The van der Waals surface area contributed by atoms with E-state index in [1.54, 1.807) is 0 Å². The number of hydrogen-bond donors (Lipinski definition) is 0. The predicted molar refractivity (Wildman–Crippen MR) is 83.5 cm³/mol. The van der Waals surface area contributed by atoms with Gasteiger partial charge in [-0.3, -0.25) is 14.3 Å². The number of fused-ring (bicyclic) bond motifs is 1. The Bertz CT molecular complexity index is 745. The lowest BCUT2D eigenvalue weighted by molar-refractivity contribution is -0.128. The first kappa shape index (κ1) is 16.6. The first-order valence-corrected chi connectivity index (χ1v) is 7.80. The van der Waals surface area contributed by atoms with Crippen LogP contribution in [0.15, 0.2) is 30.5 Å². The molecule has 7 heteroatoms. The summed E-state index contributed by atoms with van der Waals surface area (Å²) in [5.41, 5.74) is 1.51. The van der Waals surface area contributed by atoms with Crippen molar-refractivity contribution in [3.05, 3.63) is 52.8 Å². The Morgan fingerprint density at radius 1 is 1.42 bits per heavy atom. The number of hydroxylamine groups is 2. The Morgan fingerprint density at radius 2 is 2.17 bits per heavy atom. The van der Waals surface area contributed by atoms with Gasteiger partial charge in [0.25, 0.3) is 12.3 Å². The molecule has 5 nitrogen and oxygen atoms in total. The van der Waals surface area contributed by atoms with E-state index in [0.717, 1.165) is 30.4 Å². The van der Waals surface area contributed by atoms with Crippen molar-refractivity contribution in [1.82, 2.24) is 14.8 Å². The number of aryl methyl sites for hydroxylation is 2. The zero-order valence-electron chi connectivity index (χ0n) is 13.6. The summed E-state index contributed by atoms with van der Waals surface area (Å²) < 4.78 is 27.5. The molecule has 24 heavy (non-hydrogen) atoms. The van der Waals surface area contributed by atoms with Crippen molar-refractivity contribution in [2.75, 3.05) is 7.11 Å². The molecule has 0 bridgehead atoms. The summed E-state index contributed by atoms with van der Waals surface area (Å²) in [4.78, 5) is 18.1. The van der Waals surface area contributed by atoms with Gasteiger partial charge < -0.3 is 0 Å². The second-order valence-corrected chi connectivity index (χ2v) is 5.82. The van der Waals surface area contributed by atoms with Crippen molar-refractivity contribution in [2.24, 2.45) is 7.05 Å². The normalized spacial score (nSPS) is 17.0. The molecule has 0 aliphatic heterocycles. The number of benzene rings is 1. The Labute approximate surface area is 138 Å². The Balaban J connectivity index is 1.97. The van der Waals surface area contributed by atoms with Crippen LogP contribution in [0.1, 0.15) is 52.5 Å². The molecule has 1 heterocycles. The minimum Gasteiger partial charge on any atom is -0.275 e. The Kier molecular flexibility index (Phi) is 4.62. The molecule has 1 unspecified atom stereocenters. The molecule has 1 aromatic carbocycles. The van der Waals surface area contributed by atoms with E-state index in [4.69, 9.17) is 4.84 Å². The third kappa shape index (κ3) is 2.91. The van der Waals surface area contributed by atoms with E-state index < -0.39 is 18.0 Å². The number of rotatable bonds is 4. The van der Waals surface area contributed by atoms with Gasteiger partial charge in [0.05, 0.1) is 18.7 Å². The zero-order chi connectivity index (χ0) is 17.3. The van der Waals surface area contributed by atoms with Crippen LogP contribution in [0.3, 0.4) is 0 Å². The van der Waals surface area contributed by atoms with Gasteiger partial charge in [-0.15, -0.1) is 0 Å². The van der Waals surface area contributed by atoms with Crippen molar-refractivity contribution in [2.45, 2.75) is 31.7 Å². The summed E-state index contributed by atoms with van der Waals surface area (Å²) in [6, 6.07) is 7.54. The molecule has 3 rings (SSSR count). The number of aromatic nitrogens is 2. The van der Waals surface area contributed by atoms with E-state index >= 15 is 0 Å². The van der Waals surface area contributed by atoms with Crippen molar-refractivity contribution in [3.8, 4) is 0 Å². The third-order valence-corrected chi connectivity index (χ3v) is 4.31. The number of alkyl halides is 2. The van der Waals surface area contributed by atoms with Crippen LogP contribution in [0.5, 0.6) is 0 Å². The van der Waals surface area contributed by atoms with Crippen LogP contribution in [0.2, 0.25) is 0 Å². The van der Waals surface area contributed by atoms with Gasteiger partial charge in [-0.1, -0.05) is 24.3 Å². The first-order valence-electron chi connectivity index (χ1n) is 7.80. The molecule has 0 radical (unpaired) electrons. The van der Waals surface area contributed by atoms with Gasteiger partial charge in [0, 0.05) is 13.2 Å². The fourth-order valence-electron chi connectivity index (χ4n) is 3.27. The molecular weight excluding hydrogens is 316 g/mol. The average Bonchev–Trinajstić information content (AvgIpc) is 2.98. The van der Waals surface area contributed by atoms with Crippen molar-refractivity contribution < 1.29 is 18.4 Å². The quantitative estimate of drug-likeness (QED) is 0.804. The van der Waals surface area contributed by atoms with Gasteiger partial charge in [0.1, 0.15) is 5.69 Å². The molecular formula is C17H19F2N3O2. The molecule has 1 amide bonds. The van der Waals surface area contributed by atoms with Gasteiger partial charge in [0.15, 0.2) is 0 Å². The molecule has 0 spiro atoms. The average molecular weight is 335 g/mol. The molecule has 0 fully saturated rings. The Morgan fingerprint density at radius 3 is 2.88 bits per heavy atom. The molecule has 2 aromatic rings. The number of nitrogens with zero attached hydrogens (tertiary/aromatic N) is 3. The fraction of sp³-hybridized carbons (Fsp3) is 0.412. The summed E-state index contributed by atoms with van der Waals surface area (Å²) >= 11 is 0. The monoisotopic (exact) mass is 335 g/mol. The van der Waals surface area contributed by atoms with E-state index in [1.165, 1.54) is 30.1 Å². The van der Waals surface area contributed by atoms with Crippen molar-refractivity contribution in [1.29, 1.82) is 0 Å². The highest BCUT2D eigenvalue weighted by molar-refractivity contribution is 5.94. The molecule has 0 N–H and O–H groups in total. The lowest BCUT2D eigenvalue weighted by Gasteiger charge is -2.33. The first-order chi connectivity index (χ1) is 11.5. The van der Waals surface area contributed by atoms with Crippen LogP contribution in [0, 0.1) is 0 Å². The summed E-state index contributed by atoms with van der Waals surface area (Å²) in [5.74, 6) is -0.595. The maximum Gasteiger partial charge on any atom is 0.282 e. The second kappa shape index (κ2) is 6.68. The van der Waals surface area contributed by atoms with Gasteiger partial charge in [-0.25, -0.2) is 13.8 Å². The maximum absolute atomic E-state index is 13.2. The molecule has 1 aliphatic rings. The number of carbonyl (C=O) groups excluding carboxylic acids is 1. The van der Waals surface area contributed by atoms with Crippen LogP contribution < -0.4 is 0 Å². The zero-order valence-corrected chi connectivity index (χ0v) is 13.6. The van der Waals surface area contributed by atoms with Crippen LogP contribution in [0.4, 0.5) is 8.78 Å². The SMILES string of the molecule is CON(C(=O)c1cn(C)nc1C(F)F)C1CCCc2ccccc21. The van der Waals surface area contributed by atoms with Gasteiger partial charge in [0.2, 0.25) is 0 Å². The molecule has 0 saturated carbocycles. The minimum atomic E-state index is -2.82. The fourth-order valence-corrected chi connectivity index (χ4v) is 3.27. The standard InChI is InChI=1S/C17H19F2N3O2/c1-21-10-13(15(20-21)16(18)19)17(23)22(24-2)14-9-5-7-11-6-3-4-8-12(11)14/h3-4,6,8,10,14,16H,5,7,9H2,1-2H3. The number of hydrogen-bond acceptors (Lipinski definition) is 3. The highest BCUT2D eigenvalue weighted by atomic mass is 19.3. The molecule has 0 saturated heterocycles. The lowest BCUT2D eigenvalue weighted by Crippen LogP contribution is -2.36. The van der Waals surface area contributed by atoms with Crippen molar-refractivity contribution >= 4 is 5.91 Å². The summed E-state index contributed by atoms with van der Waals surface area (Å²) in [6.07, 6.45) is 1.06. The smallest absolute Gasteiger partial charge is 0.275 e. The van der Waals surface area contributed by atoms with E-state index in [9.17, 15) is 13.6 Å². The van der Waals surface area contributed by atoms with Crippen LogP contribution >= 0.6 is 0 Å². The topological polar surface area (TPSA) is 47.4 Å². The van der Waals surface area contributed by atoms with Crippen LogP contribution in [0.25, 0.3) is 0 Å². The van der Waals surface area contributed by atoms with E-state index in [0.29, 0.717) is 0 Å². The van der Waals surface area contributed by atoms with Gasteiger partial charge >= 0.3 is 0 Å². The summed E-state index contributed by atoms with van der Waals surface area (Å²) in [5, 5.41) is 4.90. The van der Waals surface area contributed by atoms with Gasteiger partial charge in [-0.05, 0) is 30.4 Å². The molecule has 1 aliphatic carbocycles. The number of amides is 1. The summed E-state index contributed by atoms with van der Waals surface area (Å²) in [6.45, 7) is 0. The minimum absolute atomic E-state index is 0.127. The predicted octanol–water partition coefficient (Wildman–Crippen LogP) is 3.44. The maximum atomic E-state index is 13.2. The number of carbonyl (C=O) groups is 1. The highest BCUT2D eigenvalue weighted by Gasteiger charge is 2.33. The van der Waals surface area contributed by atoms with E-state index in [-0.39, 0.29) is 11.6 Å². The van der Waals surface area contributed by atoms with Crippen molar-refractivity contribution in [3.63, 3.8) is 0 Å². The van der Waals surface area contributed by atoms with E-state index in [1.807, 2.05) is 24.3 Å². The third-order valence-electron chi connectivity index (χ3n) is 4.31. The van der Waals surface area contributed by atoms with Gasteiger partial charge in [-0.2, -0.15) is 5.10 Å². The second-order valence-electron chi connectivity index (χ2n) is 5.82. The molecule has 1 aromatic heterocycles. The Hall–Kier alpha value is -2.28. The number of halogens is 2. The molecule has 1 atom stereocenters.